The van der Waals surface area contributed by atoms with Crippen molar-refractivity contribution >= 4 is 17.4 Å². The van der Waals surface area contributed by atoms with Crippen molar-refractivity contribution in [2.45, 2.75) is 39.3 Å². The van der Waals surface area contributed by atoms with Crippen LogP contribution in [0.25, 0.3) is 0 Å². The molecular weight excluding hydrogens is 290 g/mol. The highest BCUT2D eigenvalue weighted by Crippen LogP contribution is 2.06. The van der Waals surface area contributed by atoms with Crippen molar-refractivity contribution in [2.24, 2.45) is 0 Å². The van der Waals surface area contributed by atoms with Crippen LogP contribution in [0.15, 0.2) is 17.1 Å². The van der Waals surface area contributed by atoms with E-state index in [1.54, 1.807) is 21.5 Å². The number of rotatable bonds is 5. The van der Waals surface area contributed by atoms with Gasteiger partial charge in [0, 0.05) is 24.5 Å². The van der Waals surface area contributed by atoms with Crippen LogP contribution < -0.4 is 5.32 Å². The summed E-state index contributed by atoms with van der Waals surface area (Å²) in [5.74, 6) is 0. The molecule has 8 heteroatoms. The van der Waals surface area contributed by atoms with Crippen LogP contribution in [0, 0.1) is 0 Å². The Hall–Kier alpha value is -1.96. The number of alkyl carbamates (subject to hydrolysis) is 1. The van der Waals surface area contributed by atoms with Gasteiger partial charge in [-0.2, -0.15) is 0 Å². The average molecular weight is 309 g/mol. The summed E-state index contributed by atoms with van der Waals surface area (Å²) in [6, 6.07) is 0. The van der Waals surface area contributed by atoms with E-state index in [9.17, 15) is 4.79 Å². The molecule has 0 unspecified atom stereocenters. The van der Waals surface area contributed by atoms with Crippen LogP contribution in [0.3, 0.4) is 0 Å². The molecule has 0 aromatic carbocycles. The molecule has 2 rings (SSSR count). The summed E-state index contributed by atoms with van der Waals surface area (Å²) >= 11 is 1.55. The number of nitrogens with one attached hydrogen (secondary N) is 1. The molecule has 0 aliphatic carbocycles. The summed E-state index contributed by atoms with van der Waals surface area (Å²) < 4.78 is 6.89. The monoisotopic (exact) mass is 309 g/mol. The number of thiazole rings is 1. The lowest BCUT2D eigenvalue weighted by Gasteiger charge is -2.19. The number of carbonyl (C=O) groups is 1. The predicted octanol–water partition coefficient (Wildman–Crippen LogP) is 1.85. The Bertz CT molecular complexity index is 574. The minimum Gasteiger partial charge on any atom is -0.444 e. The highest BCUT2D eigenvalue weighted by molar-refractivity contribution is 7.07. The van der Waals surface area contributed by atoms with E-state index < -0.39 is 11.7 Å². The Balaban J connectivity index is 1.74. The Labute approximate surface area is 127 Å². The van der Waals surface area contributed by atoms with Gasteiger partial charge in [0.25, 0.3) is 0 Å². The van der Waals surface area contributed by atoms with Crippen molar-refractivity contribution in [3.63, 3.8) is 0 Å². The third kappa shape index (κ3) is 5.50. The maximum Gasteiger partial charge on any atom is 0.407 e. The van der Waals surface area contributed by atoms with E-state index in [-0.39, 0.29) is 0 Å². The van der Waals surface area contributed by atoms with Crippen LogP contribution in [0.2, 0.25) is 0 Å². The molecular formula is C13H19N5O2S. The van der Waals surface area contributed by atoms with Crippen molar-refractivity contribution in [1.29, 1.82) is 0 Å². The van der Waals surface area contributed by atoms with Crippen LogP contribution in [0.5, 0.6) is 0 Å². The van der Waals surface area contributed by atoms with Gasteiger partial charge in [-0.25, -0.2) is 14.5 Å². The first-order valence-corrected chi connectivity index (χ1v) is 7.59. The van der Waals surface area contributed by atoms with Crippen LogP contribution in [0.4, 0.5) is 4.79 Å². The molecule has 0 bridgehead atoms. The van der Waals surface area contributed by atoms with Gasteiger partial charge in [0.05, 0.1) is 23.4 Å². The minimum atomic E-state index is -0.485. The number of amides is 1. The third-order valence-electron chi connectivity index (χ3n) is 2.44. The van der Waals surface area contributed by atoms with E-state index >= 15 is 0 Å². The SMILES string of the molecule is CC(C)(C)OC(=O)NCCc1cn(Cc2cscn2)nn1. The fourth-order valence-corrected chi connectivity index (χ4v) is 2.17. The summed E-state index contributed by atoms with van der Waals surface area (Å²) in [6.45, 7) is 6.56. The topological polar surface area (TPSA) is 81.9 Å². The highest BCUT2D eigenvalue weighted by atomic mass is 32.1. The zero-order valence-corrected chi connectivity index (χ0v) is 13.2. The van der Waals surface area contributed by atoms with Crippen molar-refractivity contribution in [1.82, 2.24) is 25.3 Å². The summed E-state index contributed by atoms with van der Waals surface area (Å²) in [5, 5.41) is 12.8. The fraction of sp³-hybridized carbons (Fsp3) is 0.538. The Morgan fingerprint density at radius 1 is 1.43 bits per heavy atom. The lowest BCUT2D eigenvalue weighted by Crippen LogP contribution is -2.33. The van der Waals surface area contributed by atoms with E-state index in [2.05, 4.69) is 20.6 Å². The van der Waals surface area contributed by atoms with Crippen LogP contribution in [-0.2, 0) is 17.7 Å². The van der Waals surface area contributed by atoms with Gasteiger partial charge in [-0.1, -0.05) is 5.21 Å². The molecule has 0 fully saturated rings. The molecule has 0 atom stereocenters. The van der Waals surface area contributed by atoms with Gasteiger partial charge in [-0.15, -0.1) is 16.4 Å². The summed E-state index contributed by atoms with van der Waals surface area (Å²) in [6.07, 6.45) is 2.05. The van der Waals surface area contributed by atoms with E-state index in [4.69, 9.17) is 4.74 Å². The van der Waals surface area contributed by atoms with Crippen molar-refractivity contribution in [2.75, 3.05) is 6.54 Å². The number of hydrogen-bond acceptors (Lipinski definition) is 6. The standard InChI is InChI=1S/C13H19N5O2S/c1-13(2,3)20-12(19)14-5-4-10-6-18(17-16-10)7-11-8-21-9-15-11/h6,8-9H,4-5,7H2,1-3H3,(H,14,19). The van der Waals surface area contributed by atoms with E-state index in [0.29, 0.717) is 19.5 Å². The first-order chi connectivity index (χ1) is 9.92. The van der Waals surface area contributed by atoms with Crippen LogP contribution in [0.1, 0.15) is 32.2 Å². The maximum atomic E-state index is 11.5. The number of hydrogen-bond donors (Lipinski definition) is 1. The zero-order chi connectivity index (χ0) is 15.3. The molecule has 2 heterocycles. The van der Waals surface area contributed by atoms with Crippen LogP contribution in [-0.4, -0.2) is 38.2 Å². The van der Waals surface area contributed by atoms with Gasteiger partial charge in [-0.3, -0.25) is 0 Å². The Morgan fingerprint density at radius 3 is 2.90 bits per heavy atom. The largest absolute Gasteiger partial charge is 0.444 e. The Kier molecular flexibility index (Phi) is 4.89. The van der Waals surface area contributed by atoms with Gasteiger partial charge in [0.1, 0.15) is 5.60 Å². The maximum absolute atomic E-state index is 11.5. The lowest BCUT2D eigenvalue weighted by atomic mass is 10.2. The minimum absolute atomic E-state index is 0.419. The first kappa shape index (κ1) is 15.4. The van der Waals surface area contributed by atoms with Gasteiger partial charge in [0.15, 0.2) is 0 Å². The van der Waals surface area contributed by atoms with Gasteiger partial charge in [0.2, 0.25) is 0 Å². The molecule has 2 aromatic heterocycles. The van der Waals surface area contributed by atoms with Crippen LogP contribution >= 0.6 is 11.3 Å². The molecule has 1 amide bonds. The predicted molar refractivity (Wildman–Crippen MR) is 79.2 cm³/mol. The third-order valence-corrected chi connectivity index (χ3v) is 3.08. The highest BCUT2D eigenvalue weighted by Gasteiger charge is 2.15. The van der Waals surface area contributed by atoms with Gasteiger partial charge < -0.3 is 10.1 Å². The number of ether oxygens (including phenoxy) is 1. The molecule has 7 nitrogen and oxygen atoms in total. The fourth-order valence-electron chi connectivity index (χ4n) is 1.62. The molecule has 21 heavy (non-hydrogen) atoms. The smallest absolute Gasteiger partial charge is 0.407 e. The average Bonchev–Trinajstić information content (AvgIpc) is 2.99. The number of aromatic nitrogens is 4. The molecule has 0 aliphatic heterocycles. The lowest BCUT2D eigenvalue weighted by molar-refractivity contribution is 0.0528. The molecule has 0 radical (unpaired) electrons. The molecule has 114 valence electrons. The van der Waals surface area contributed by atoms with E-state index in [1.807, 2.05) is 32.3 Å². The summed E-state index contributed by atoms with van der Waals surface area (Å²) in [7, 11) is 0. The number of nitrogens with zero attached hydrogens (tertiary/aromatic N) is 4. The second-order valence-corrected chi connectivity index (χ2v) is 6.28. The molecule has 1 N–H and O–H groups in total. The summed E-state index contributed by atoms with van der Waals surface area (Å²) in [5.41, 5.74) is 3.09. The molecule has 0 saturated heterocycles. The van der Waals surface area contributed by atoms with E-state index in [1.165, 1.54) is 0 Å². The zero-order valence-electron chi connectivity index (χ0n) is 12.4. The molecule has 2 aromatic rings. The second kappa shape index (κ2) is 6.66. The quantitative estimate of drug-likeness (QED) is 0.911. The van der Waals surface area contributed by atoms with Gasteiger partial charge >= 0.3 is 6.09 Å². The molecule has 0 aliphatic rings. The summed E-state index contributed by atoms with van der Waals surface area (Å²) in [4.78, 5) is 15.7. The normalized spacial score (nSPS) is 11.4. The van der Waals surface area contributed by atoms with E-state index in [0.717, 1.165) is 11.4 Å². The van der Waals surface area contributed by atoms with Gasteiger partial charge in [-0.05, 0) is 20.8 Å². The number of carbonyl (C=O) groups excluding carboxylic acids is 1. The van der Waals surface area contributed by atoms with Crippen molar-refractivity contribution in [3.8, 4) is 0 Å². The molecule has 0 saturated carbocycles. The van der Waals surface area contributed by atoms with Crippen molar-refractivity contribution < 1.29 is 9.53 Å². The van der Waals surface area contributed by atoms with Crippen molar-refractivity contribution in [3.05, 3.63) is 28.5 Å². The molecule has 0 spiro atoms. The first-order valence-electron chi connectivity index (χ1n) is 6.65. The Morgan fingerprint density at radius 2 is 2.24 bits per heavy atom. The second-order valence-electron chi connectivity index (χ2n) is 5.57.